The van der Waals surface area contributed by atoms with Gasteiger partial charge in [0.2, 0.25) is 5.88 Å². The lowest BCUT2D eigenvalue weighted by atomic mass is 10.1. The van der Waals surface area contributed by atoms with Gasteiger partial charge in [0, 0.05) is 24.1 Å². The zero-order valence-electron chi connectivity index (χ0n) is 11.8. The SMILES string of the molecule is CCCCOCCOc1ncc(CCl)c2ccccc12. The Morgan fingerprint density at radius 1 is 1.10 bits per heavy atom. The summed E-state index contributed by atoms with van der Waals surface area (Å²) >= 11 is 5.93. The average Bonchev–Trinajstić information content (AvgIpc) is 2.50. The maximum Gasteiger partial charge on any atom is 0.221 e. The lowest BCUT2D eigenvalue weighted by molar-refractivity contribution is 0.0971. The Kier molecular flexibility index (Phi) is 6.09. The van der Waals surface area contributed by atoms with Gasteiger partial charge >= 0.3 is 0 Å². The fourth-order valence-electron chi connectivity index (χ4n) is 1.99. The molecule has 108 valence electrons. The molecule has 4 heteroatoms. The second-order valence-corrected chi connectivity index (χ2v) is 4.85. The lowest BCUT2D eigenvalue weighted by Crippen LogP contribution is -2.08. The standard InChI is InChI=1S/C16H20ClNO2/c1-2-3-8-19-9-10-20-16-15-7-5-4-6-14(15)13(11-17)12-18-16/h4-7,12H,2-3,8-11H2,1H3. The minimum absolute atomic E-state index is 0.452. The van der Waals surface area contributed by atoms with Crippen LogP contribution in [0.25, 0.3) is 10.8 Å². The molecule has 2 rings (SSSR count). The van der Waals surface area contributed by atoms with Crippen LogP contribution in [0.15, 0.2) is 30.5 Å². The predicted molar refractivity (Wildman–Crippen MR) is 82.5 cm³/mol. The molecule has 3 nitrogen and oxygen atoms in total. The summed E-state index contributed by atoms with van der Waals surface area (Å²) in [6.07, 6.45) is 4.02. The number of rotatable bonds is 8. The molecular weight excluding hydrogens is 274 g/mol. The zero-order valence-corrected chi connectivity index (χ0v) is 12.5. The van der Waals surface area contributed by atoms with Gasteiger partial charge in [-0.2, -0.15) is 0 Å². The van der Waals surface area contributed by atoms with E-state index < -0.39 is 0 Å². The van der Waals surface area contributed by atoms with Crippen molar-refractivity contribution in [2.75, 3.05) is 19.8 Å². The van der Waals surface area contributed by atoms with Crippen LogP contribution in [0.1, 0.15) is 25.3 Å². The van der Waals surface area contributed by atoms with Crippen LogP contribution in [-0.4, -0.2) is 24.8 Å². The third-order valence-electron chi connectivity index (χ3n) is 3.09. The Morgan fingerprint density at radius 3 is 2.65 bits per heavy atom. The largest absolute Gasteiger partial charge is 0.475 e. The fourth-order valence-corrected chi connectivity index (χ4v) is 2.21. The highest BCUT2D eigenvalue weighted by atomic mass is 35.5. The molecule has 2 aromatic rings. The molecule has 0 N–H and O–H groups in total. The Bertz CT molecular complexity index is 545. The van der Waals surface area contributed by atoms with E-state index in [4.69, 9.17) is 21.1 Å². The summed E-state index contributed by atoms with van der Waals surface area (Å²) < 4.78 is 11.2. The van der Waals surface area contributed by atoms with Gasteiger partial charge in [-0.05, 0) is 23.4 Å². The summed E-state index contributed by atoms with van der Waals surface area (Å²) in [5.41, 5.74) is 1.02. The van der Waals surface area contributed by atoms with E-state index >= 15 is 0 Å². The first-order valence-electron chi connectivity index (χ1n) is 7.00. The third kappa shape index (κ3) is 3.84. The van der Waals surface area contributed by atoms with Crippen molar-refractivity contribution in [3.8, 4) is 5.88 Å². The quantitative estimate of drug-likeness (QED) is 0.541. The van der Waals surface area contributed by atoms with Crippen molar-refractivity contribution in [2.45, 2.75) is 25.6 Å². The molecule has 0 bridgehead atoms. The van der Waals surface area contributed by atoms with Gasteiger partial charge in [0.25, 0.3) is 0 Å². The van der Waals surface area contributed by atoms with Gasteiger partial charge in [0.1, 0.15) is 6.61 Å². The number of aromatic nitrogens is 1. The molecule has 0 aliphatic rings. The van der Waals surface area contributed by atoms with Gasteiger partial charge in [-0.3, -0.25) is 0 Å². The topological polar surface area (TPSA) is 31.4 Å². The van der Waals surface area contributed by atoms with Gasteiger partial charge < -0.3 is 9.47 Å². The van der Waals surface area contributed by atoms with Crippen molar-refractivity contribution in [3.05, 3.63) is 36.0 Å². The molecule has 0 aliphatic carbocycles. The summed E-state index contributed by atoms with van der Waals surface area (Å²) in [5.74, 6) is 1.10. The summed E-state index contributed by atoms with van der Waals surface area (Å²) in [5, 5.41) is 2.10. The van der Waals surface area contributed by atoms with Crippen LogP contribution in [0.5, 0.6) is 5.88 Å². The number of nitrogens with zero attached hydrogens (tertiary/aromatic N) is 1. The first-order chi connectivity index (χ1) is 9.86. The van der Waals surface area contributed by atoms with Crippen LogP contribution in [0.2, 0.25) is 0 Å². The Labute approximate surface area is 124 Å². The highest BCUT2D eigenvalue weighted by Gasteiger charge is 2.07. The maximum atomic E-state index is 5.93. The number of pyridine rings is 1. The second-order valence-electron chi connectivity index (χ2n) is 4.58. The normalized spacial score (nSPS) is 10.9. The highest BCUT2D eigenvalue weighted by molar-refractivity contribution is 6.18. The Morgan fingerprint density at radius 2 is 1.90 bits per heavy atom. The van der Waals surface area contributed by atoms with Gasteiger partial charge in [0.15, 0.2) is 0 Å². The van der Waals surface area contributed by atoms with Gasteiger partial charge in [-0.1, -0.05) is 31.5 Å². The molecule has 1 heterocycles. The monoisotopic (exact) mass is 293 g/mol. The van der Waals surface area contributed by atoms with Gasteiger partial charge in [-0.25, -0.2) is 4.98 Å². The molecule has 0 aliphatic heterocycles. The highest BCUT2D eigenvalue weighted by Crippen LogP contribution is 2.26. The number of halogens is 1. The van der Waals surface area contributed by atoms with Gasteiger partial charge in [0.05, 0.1) is 6.61 Å². The molecule has 0 fully saturated rings. The molecule has 0 amide bonds. The first kappa shape index (κ1) is 15.1. The van der Waals surface area contributed by atoms with E-state index in [1.807, 2.05) is 24.3 Å². The summed E-state index contributed by atoms with van der Waals surface area (Å²) in [7, 11) is 0. The van der Waals surface area contributed by atoms with E-state index in [0.717, 1.165) is 35.8 Å². The van der Waals surface area contributed by atoms with E-state index in [0.29, 0.717) is 25.0 Å². The van der Waals surface area contributed by atoms with Crippen molar-refractivity contribution < 1.29 is 9.47 Å². The van der Waals surface area contributed by atoms with Crippen LogP contribution < -0.4 is 4.74 Å². The number of unbranched alkanes of at least 4 members (excludes halogenated alkanes) is 1. The smallest absolute Gasteiger partial charge is 0.221 e. The average molecular weight is 294 g/mol. The molecule has 20 heavy (non-hydrogen) atoms. The van der Waals surface area contributed by atoms with Crippen LogP contribution in [0.3, 0.4) is 0 Å². The molecule has 0 radical (unpaired) electrons. The zero-order chi connectivity index (χ0) is 14.2. The van der Waals surface area contributed by atoms with E-state index in [1.54, 1.807) is 6.20 Å². The van der Waals surface area contributed by atoms with E-state index in [1.165, 1.54) is 0 Å². The molecule has 0 spiro atoms. The second kappa shape index (κ2) is 8.08. The first-order valence-corrected chi connectivity index (χ1v) is 7.53. The van der Waals surface area contributed by atoms with Crippen molar-refractivity contribution in [3.63, 3.8) is 0 Å². The minimum Gasteiger partial charge on any atom is -0.475 e. The van der Waals surface area contributed by atoms with Crippen LogP contribution in [0.4, 0.5) is 0 Å². The van der Waals surface area contributed by atoms with Gasteiger partial charge in [-0.15, -0.1) is 11.6 Å². The Balaban J connectivity index is 2.00. The number of benzene rings is 1. The maximum absolute atomic E-state index is 5.93. The molecule has 0 saturated heterocycles. The van der Waals surface area contributed by atoms with Crippen LogP contribution >= 0.6 is 11.6 Å². The summed E-state index contributed by atoms with van der Waals surface area (Å²) in [6.45, 7) is 4.04. The lowest BCUT2D eigenvalue weighted by Gasteiger charge is -2.10. The van der Waals surface area contributed by atoms with E-state index in [-0.39, 0.29) is 0 Å². The number of hydrogen-bond acceptors (Lipinski definition) is 3. The number of alkyl halides is 1. The minimum atomic E-state index is 0.452. The van der Waals surface area contributed by atoms with Crippen molar-refractivity contribution >= 4 is 22.4 Å². The predicted octanol–water partition coefficient (Wildman–Crippen LogP) is 4.17. The molecule has 0 atom stereocenters. The number of ether oxygens (including phenoxy) is 2. The fraction of sp³-hybridized carbons (Fsp3) is 0.438. The van der Waals surface area contributed by atoms with Crippen molar-refractivity contribution in [2.24, 2.45) is 0 Å². The van der Waals surface area contributed by atoms with Crippen LogP contribution in [0, 0.1) is 0 Å². The van der Waals surface area contributed by atoms with E-state index in [9.17, 15) is 0 Å². The Hall–Kier alpha value is -1.32. The molecule has 0 unspecified atom stereocenters. The number of hydrogen-bond donors (Lipinski definition) is 0. The van der Waals surface area contributed by atoms with Crippen molar-refractivity contribution in [1.82, 2.24) is 4.98 Å². The molecular formula is C16H20ClNO2. The molecule has 1 aromatic carbocycles. The summed E-state index contributed by atoms with van der Waals surface area (Å²) in [6, 6.07) is 8.02. The molecule has 1 aromatic heterocycles. The van der Waals surface area contributed by atoms with E-state index in [2.05, 4.69) is 11.9 Å². The summed E-state index contributed by atoms with van der Waals surface area (Å²) in [4.78, 5) is 4.35. The molecule has 0 saturated carbocycles. The third-order valence-corrected chi connectivity index (χ3v) is 3.38. The number of fused-ring (bicyclic) bond motifs is 1. The van der Waals surface area contributed by atoms with Crippen molar-refractivity contribution in [1.29, 1.82) is 0 Å². The van der Waals surface area contributed by atoms with Crippen LogP contribution in [-0.2, 0) is 10.6 Å².